The number of rotatable bonds is 5. The molecule has 0 aliphatic heterocycles. The van der Waals surface area contributed by atoms with Crippen LogP contribution in [0.3, 0.4) is 0 Å². The Kier molecular flexibility index (Phi) is 5.72. The quantitative estimate of drug-likeness (QED) is 0.586. The van der Waals surface area contributed by atoms with Gasteiger partial charge in [-0.3, -0.25) is 9.59 Å². The predicted octanol–water partition coefficient (Wildman–Crippen LogP) is 5.62. The number of ketones is 1. The van der Waals surface area contributed by atoms with Crippen LogP contribution in [0.1, 0.15) is 39.9 Å². The molecule has 3 aromatic rings. The molecule has 0 aliphatic carbocycles. The molecule has 4 heteroatoms. The Bertz CT molecular complexity index is 983. The van der Waals surface area contributed by atoms with Crippen molar-refractivity contribution in [3.8, 4) is 0 Å². The number of nitrogens with one attached hydrogen (secondary N) is 1. The Hall–Kier alpha value is -2.91. The molecule has 0 saturated heterocycles. The minimum atomic E-state index is -0.399. The Balaban J connectivity index is 1.78. The average molecular weight is 378 g/mol. The highest BCUT2D eigenvalue weighted by Crippen LogP contribution is 2.23. The van der Waals surface area contributed by atoms with E-state index in [0.717, 1.165) is 11.1 Å². The van der Waals surface area contributed by atoms with E-state index in [4.69, 9.17) is 11.6 Å². The molecule has 0 heterocycles. The first kappa shape index (κ1) is 18.9. The molecular formula is C23H20ClNO2. The Labute approximate surface area is 164 Å². The molecule has 0 unspecified atom stereocenters. The third kappa shape index (κ3) is 4.44. The van der Waals surface area contributed by atoms with Gasteiger partial charge in [-0.25, -0.2) is 0 Å². The van der Waals surface area contributed by atoms with Crippen LogP contribution in [0.4, 0.5) is 5.69 Å². The fourth-order valence-electron chi connectivity index (χ4n) is 2.83. The van der Waals surface area contributed by atoms with E-state index in [9.17, 15) is 9.59 Å². The van der Waals surface area contributed by atoms with E-state index in [1.54, 1.807) is 36.4 Å². The summed E-state index contributed by atoms with van der Waals surface area (Å²) in [5.41, 5.74) is 3.59. The van der Waals surface area contributed by atoms with Gasteiger partial charge in [0.05, 0.1) is 5.92 Å². The molecule has 3 rings (SSSR count). The van der Waals surface area contributed by atoms with Gasteiger partial charge in [0.15, 0.2) is 5.78 Å². The van der Waals surface area contributed by atoms with Gasteiger partial charge in [-0.05, 0) is 49.2 Å². The summed E-state index contributed by atoms with van der Waals surface area (Å²) >= 11 is 6.03. The van der Waals surface area contributed by atoms with Gasteiger partial charge in [0.25, 0.3) is 0 Å². The number of halogens is 1. The first-order valence-electron chi connectivity index (χ1n) is 8.72. The van der Waals surface area contributed by atoms with Gasteiger partial charge < -0.3 is 5.32 Å². The maximum Gasteiger partial charge on any atom is 0.231 e. The van der Waals surface area contributed by atoms with Gasteiger partial charge in [0.2, 0.25) is 5.91 Å². The third-order valence-corrected chi connectivity index (χ3v) is 4.93. The molecule has 3 nitrogen and oxygen atoms in total. The summed E-state index contributed by atoms with van der Waals surface area (Å²) in [4.78, 5) is 25.3. The van der Waals surface area contributed by atoms with Crippen molar-refractivity contribution in [2.45, 2.75) is 19.8 Å². The standard InChI is InChI=1S/C23H20ClNO2/c1-15-13-20(11-12-21(15)24)25-23(27)16(2)18-9-6-10-19(14-18)22(26)17-7-4-3-5-8-17/h3-14,16H,1-2H3,(H,25,27)/t16-/m1/s1. The highest BCUT2D eigenvalue weighted by atomic mass is 35.5. The molecule has 3 aromatic carbocycles. The second kappa shape index (κ2) is 8.19. The summed E-state index contributed by atoms with van der Waals surface area (Å²) in [6, 6.07) is 21.7. The minimum absolute atomic E-state index is 0.0571. The highest BCUT2D eigenvalue weighted by molar-refractivity contribution is 6.31. The zero-order valence-electron chi connectivity index (χ0n) is 15.2. The summed E-state index contributed by atoms with van der Waals surface area (Å²) in [6.45, 7) is 3.71. The maximum absolute atomic E-state index is 12.6. The van der Waals surface area contributed by atoms with E-state index in [0.29, 0.717) is 21.8 Å². The van der Waals surface area contributed by atoms with Gasteiger partial charge >= 0.3 is 0 Å². The molecule has 0 spiro atoms. The molecule has 0 radical (unpaired) electrons. The van der Waals surface area contributed by atoms with Crippen molar-refractivity contribution < 1.29 is 9.59 Å². The van der Waals surface area contributed by atoms with Gasteiger partial charge in [0.1, 0.15) is 0 Å². The first-order valence-corrected chi connectivity index (χ1v) is 9.10. The van der Waals surface area contributed by atoms with E-state index in [1.165, 1.54) is 0 Å². The number of hydrogen-bond donors (Lipinski definition) is 1. The van der Waals surface area contributed by atoms with Crippen LogP contribution in [0.5, 0.6) is 0 Å². The van der Waals surface area contributed by atoms with Crippen molar-refractivity contribution >= 4 is 29.0 Å². The molecule has 27 heavy (non-hydrogen) atoms. The number of carbonyl (C=O) groups is 2. The number of amides is 1. The summed E-state index contributed by atoms with van der Waals surface area (Å²) in [6.07, 6.45) is 0. The van der Waals surface area contributed by atoms with Crippen molar-refractivity contribution in [2.24, 2.45) is 0 Å². The number of anilines is 1. The summed E-state index contributed by atoms with van der Waals surface area (Å²) in [5.74, 6) is -0.594. The zero-order chi connectivity index (χ0) is 19.4. The molecule has 0 bridgehead atoms. The second-order valence-electron chi connectivity index (χ2n) is 6.50. The normalized spacial score (nSPS) is 11.7. The van der Waals surface area contributed by atoms with Gasteiger partial charge in [-0.1, -0.05) is 60.1 Å². The van der Waals surface area contributed by atoms with E-state index in [2.05, 4.69) is 5.32 Å². The van der Waals surface area contributed by atoms with Crippen LogP contribution in [0.25, 0.3) is 0 Å². The Morgan fingerprint density at radius 1 is 0.889 bits per heavy atom. The Morgan fingerprint density at radius 2 is 1.59 bits per heavy atom. The summed E-state index contributed by atoms with van der Waals surface area (Å²) in [7, 11) is 0. The van der Waals surface area contributed by atoms with E-state index in [1.807, 2.05) is 50.2 Å². The number of carbonyl (C=O) groups excluding carboxylic acids is 2. The smallest absolute Gasteiger partial charge is 0.231 e. The van der Waals surface area contributed by atoms with Crippen LogP contribution in [0, 0.1) is 6.92 Å². The summed E-state index contributed by atoms with van der Waals surface area (Å²) in [5, 5.41) is 3.57. The Morgan fingerprint density at radius 3 is 2.30 bits per heavy atom. The van der Waals surface area contributed by atoms with E-state index < -0.39 is 5.92 Å². The molecule has 0 fully saturated rings. The SMILES string of the molecule is Cc1cc(NC(=O)[C@H](C)c2cccc(C(=O)c3ccccc3)c2)ccc1Cl. The van der Waals surface area contributed by atoms with Crippen molar-refractivity contribution in [1.82, 2.24) is 0 Å². The lowest BCUT2D eigenvalue weighted by atomic mass is 9.95. The predicted molar refractivity (Wildman–Crippen MR) is 110 cm³/mol. The summed E-state index contributed by atoms with van der Waals surface area (Å²) < 4.78 is 0. The van der Waals surface area contributed by atoms with Crippen LogP contribution in [-0.2, 0) is 4.79 Å². The zero-order valence-corrected chi connectivity index (χ0v) is 16.0. The lowest BCUT2D eigenvalue weighted by Crippen LogP contribution is -2.19. The van der Waals surface area contributed by atoms with Crippen LogP contribution < -0.4 is 5.32 Å². The number of aryl methyl sites for hydroxylation is 1. The second-order valence-corrected chi connectivity index (χ2v) is 6.90. The molecule has 1 atom stereocenters. The molecule has 0 aromatic heterocycles. The molecule has 0 saturated carbocycles. The average Bonchev–Trinajstić information content (AvgIpc) is 2.70. The molecule has 1 N–H and O–H groups in total. The van der Waals surface area contributed by atoms with Gasteiger partial charge in [-0.15, -0.1) is 0 Å². The van der Waals surface area contributed by atoms with Crippen molar-refractivity contribution in [1.29, 1.82) is 0 Å². The van der Waals surface area contributed by atoms with E-state index in [-0.39, 0.29) is 11.7 Å². The van der Waals surface area contributed by atoms with Crippen molar-refractivity contribution in [3.63, 3.8) is 0 Å². The van der Waals surface area contributed by atoms with Crippen LogP contribution in [0.15, 0.2) is 72.8 Å². The van der Waals surface area contributed by atoms with E-state index >= 15 is 0 Å². The van der Waals surface area contributed by atoms with Gasteiger partial charge in [0, 0.05) is 21.8 Å². The first-order chi connectivity index (χ1) is 13.0. The fourth-order valence-corrected chi connectivity index (χ4v) is 2.95. The van der Waals surface area contributed by atoms with Crippen LogP contribution in [-0.4, -0.2) is 11.7 Å². The van der Waals surface area contributed by atoms with Crippen molar-refractivity contribution in [3.05, 3.63) is 100 Å². The minimum Gasteiger partial charge on any atom is -0.326 e. The van der Waals surface area contributed by atoms with Gasteiger partial charge in [-0.2, -0.15) is 0 Å². The van der Waals surface area contributed by atoms with Crippen molar-refractivity contribution in [2.75, 3.05) is 5.32 Å². The van der Waals surface area contributed by atoms with Crippen LogP contribution >= 0.6 is 11.6 Å². The highest BCUT2D eigenvalue weighted by Gasteiger charge is 2.18. The molecule has 0 aliphatic rings. The maximum atomic E-state index is 12.6. The molecule has 1 amide bonds. The monoisotopic (exact) mass is 377 g/mol. The number of hydrogen-bond acceptors (Lipinski definition) is 2. The molecule has 136 valence electrons. The third-order valence-electron chi connectivity index (χ3n) is 4.50. The number of benzene rings is 3. The lowest BCUT2D eigenvalue weighted by Gasteiger charge is -2.14. The molecular weight excluding hydrogens is 358 g/mol. The topological polar surface area (TPSA) is 46.2 Å². The fraction of sp³-hybridized carbons (Fsp3) is 0.130. The van der Waals surface area contributed by atoms with Crippen LogP contribution in [0.2, 0.25) is 5.02 Å². The largest absolute Gasteiger partial charge is 0.326 e. The lowest BCUT2D eigenvalue weighted by molar-refractivity contribution is -0.117.